The molecule has 0 aromatic carbocycles. The maximum atomic E-state index is 12.3. The van der Waals surface area contributed by atoms with Crippen LogP contribution in [0, 0.1) is 0 Å². The zero-order chi connectivity index (χ0) is 13.2. The quantitative estimate of drug-likeness (QED) is 0.632. The number of thiocarbonyl (C=S) groups is 1. The van der Waals surface area contributed by atoms with Crippen molar-refractivity contribution in [3.63, 3.8) is 0 Å². The molecule has 19 heavy (non-hydrogen) atoms. The van der Waals surface area contributed by atoms with E-state index in [9.17, 15) is 4.79 Å². The molecule has 0 unspecified atom stereocenters. The van der Waals surface area contributed by atoms with Crippen molar-refractivity contribution < 1.29 is 9.21 Å². The molecular formula is C13H14N2O2S2. The molecule has 6 heteroatoms. The van der Waals surface area contributed by atoms with Gasteiger partial charge in [-0.25, -0.2) is 0 Å². The molecule has 0 saturated carbocycles. The minimum atomic E-state index is -0.0155. The van der Waals surface area contributed by atoms with Crippen LogP contribution in [0.4, 0.5) is 0 Å². The topological polar surface area (TPSA) is 36.7 Å². The van der Waals surface area contributed by atoms with Crippen molar-refractivity contribution in [1.29, 1.82) is 0 Å². The van der Waals surface area contributed by atoms with Crippen molar-refractivity contribution in [3.8, 4) is 0 Å². The first-order valence-electron chi connectivity index (χ1n) is 6.25. The van der Waals surface area contributed by atoms with Gasteiger partial charge in [-0.2, -0.15) is 0 Å². The molecule has 100 valence electrons. The van der Waals surface area contributed by atoms with Crippen LogP contribution >= 0.6 is 24.0 Å². The molecule has 1 aromatic heterocycles. The molecule has 0 N–H and O–H groups in total. The summed E-state index contributed by atoms with van der Waals surface area (Å²) in [5.41, 5.74) is 0. The molecule has 0 aliphatic carbocycles. The average molecular weight is 294 g/mol. The smallest absolute Gasteiger partial charge is 0.267 e. The largest absolute Gasteiger partial charge is 0.465 e. The summed E-state index contributed by atoms with van der Waals surface area (Å²) in [5.74, 6) is 0.667. The molecule has 1 aromatic rings. The van der Waals surface area contributed by atoms with Gasteiger partial charge in [0.15, 0.2) is 0 Å². The monoisotopic (exact) mass is 294 g/mol. The fraction of sp³-hybridized carbons (Fsp3) is 0.385. The number of carbonyl (C=O) groups excluding carboxylic acids is 1. The van der Waals surface area contributed by atoms with Crippen molar-refractivity contribution in [3.05, 3.63) is 29.1 Å². The molecule has 2 aliphatic rings. The van der Waals surface area contributed by atoms with Crippen LogP contribution in [0.5, 0.6) is 0 Å². The van der Waals surface area contributed by atoms with Gasteiger partial charge in [0.05, 0.1) is 17.8 Å². The number of amides is 1. The Hall–Kier alpha value is -1.11. The summed E-state index contributed by atoms with van der Waals surface area (Å²) >= 11 is 6.64. The second kappa shape index (κ2) is 5.48. The highest BCUT2D eigenvalue weighted by atomic mass is 32.2. The highest BCUT2D eigenvalue weighted by Gasteiger charge is 2.33. The van der Waals surface area contributed by atoms with Crippen molar-refractivity contribution in [2.45, 2.75) is 12.8 Å². The molecule has 0 radical (unpaired) electrons. The van der Waals surface area contributed by atoms with Crippen LogP contribution < -0.4 is 0 Å². The molecule has 0 bridgehead atoms. The lowest BCUT2D eigenvalue weighted by molar-refractivity contribution is -0.123. The SMILES string of the molecule is O=C1/C(=C/c2ccco2)SC(=S)N1CN1CCCC1. The first-order valence-corrected chi connectivity index (χ1v) is 7.48. The van der Waals surface area contributed by atoms with Crippen molar-refractivity contribution in [2.24, 2.45) is 0 Å². The van der Waals surface area contributed by atoms with E-state index >= 15 is 0 Å². The zero-order valence-electron chi connectivity index (χ0n) is 10.4. The summed E-state index contributed by atoms with van der Waals surface area (Å²) in [4.78, 5) is 16.9. The fourth-order valence-corrected chi connectivity index (χ4v) is 3.47. The second-order valence-corrected chi connectivity index (χ2v) is 6.27. The molecule has 0 spiro atoms. The van der Waals surface area contributed by atoms with Gasteiger partial charge in [0, 0.05) is 6.08 Å². The lowest BCUT2D eigenvalue weighted by Gasteiger charge is -2.22. The fourth-order valence-electron chi connectivity index (χ4n) is 2.25. The van der Waals surface area contributed by atoms with Gasteiger partial charge in [0.2, 0.25) is 0 Å². The maximum Gasteiger partial charge on any atom is 0.267 e. The Labute approximate surface area is 121 Å². The van der Waals surface area contributed by atoms with Crippen molar-refractivity contribution in [2.75, 3.05) is 19.8 Å². The number of rotatable bonds is 3. The maximum absolute atomic E-state index is 12.3. The van der Waals surface area contributed by atoms with Gasteiger partial charge < -0.3 is 4.42 Å². The Morgan fingerprint density at radius 3 is 2.89 bits per heavy atom. The third-order valence-corrected chi connectivity index (χ3v) is 4.61. The summed E-state index contributed by atoms with van der Waals surface area (Å²) < 4.78 is 5.87. The van der Waals surface area contributed by atoms with Crippen LogP contribution in [0.25, 0.3) is 6.08 Å². The van der Waals surface area contributed by atoms with Gasteiger partial charge in [-0.3, -0.25) is 14.6 Å². The molecule has 3 rings (SSSR count). The third kappa shape index (κ3) is 2.75. The Morgan fingerprint density at radius 1 is 1.42 bits per heavy atom. The Balaban J connectivity index is 1.73. The van der Waals surface area contributed by atoms with E-state index in [0.717, 1.165) is 13.1 Å². The lowest BCUT2D eigenvalue weighted by Crippen LogP contribution is -2.38. The molecule has 2 saturated heterocycles. The molecule has 0 atom stereocenters. The standard InChI is InChI=1S/C13H14N2O2S2/c16-12-11(8-10-4-3-7-17-10)19-13(18)15(12)9-14-5-1-2-6-14/h3-4,7-8H,1-2,5-6,9H2/b11-8-. The summed E-state index contributed by atoms with van der Waals surface area (Å²) in [7, 11) is 0. The van der Waals surface area contributed by atoms with Gasteiger partial charge in [-0.1, -0.05) is 24.0 Å². The van der Waals surface area contributed by atoms with E-state index in [1.807, 2.05) is 6.07 Å². The number of likely N-dealkylation sites (tertiary alicyclic amines) is 1. The van der Waals surface area contributed by atoms with Crippen molar-refractivity contribution in [1.82, 2.24) is 9.80 Å². The zero-order valence-corrected chi connectivity index (χ0v) is 12.0. The molecule has 4 nitrogen and oxygen atoms in total. The van der Waals surface area contributed by atoms with Crippen LogP contribution in [-0.4, -0.2) is 39.8 Å². The molecule has 1 amide bonds. The normalized spacial score (nSPS) is 22.9. The predicted octanol–water partition coefficient (Wildman–Crippen LogP) is 2.53. The van der Waals surface area contributed by atoms with E-state index in [4.69, 9.17) is 16.6 Å². The summed E-state index contributed by atoms with van der Waals surface area (Å²) in [6.45, 7) is 2.71. The van der Waals surface area contributed by atoms with E-state index < -0.39 is 0 Å². The van der Waals surface area contributed by atoms with Crippen LogP contribution in [-0.2, 0) is 4.79 Å². The van der Waals surface area contributed by atoms with E-state index in [0.29, 0.717) is 21.7 Å². The number of thioether (sulfide) groups is 1. The van der Waals surface area contributed by atoms with Crippen molar-refractivity contribution >= 4 is 40.3 Å². The van der Waals surface area contributed by atoms with Crippen LogP contribution in [0.1, 0.15) is 18.6 Å². The second-order valence-electron chi connectivity index (χ2n) is 4.59. The lowest BCUT2D eigenvalue weighted by atomic mass is 10.3. The van der Waals surface area contributed by atoms with E-state index in [1.165, 1.54) is 24.6 Å². The van der Waals surface area contributed by atoms with Gasteiger partial charge >= 0.3 is 0 Å². The molecule has 2 aliphatic heterocycles. The van der Waals surface area contributed by atoms with E-state index in [-0.39, 0.29) is 5.91 Å². The Morgan fingerprint density at radius 2 is 2.21 bits per heavy atom. The van der Waals surface area contributed by atoms with Gasteiger partial charge in [0.1, 0.15) is 10.1 Å². The third-order valence-electron chi connectivity index (χ3n) is 3.23. The van der Waals surface area contributed by atoms with Crippen LogP contribution in [0.15, 0.2) is 27.7 Å². The number of furan rings is 1. The first-order chi connectivity index (χ1) is 9.24. The van der Waals surface area contributed by atoms with Gasteiger partial charge in [-0.05, 0) is 38.1 Å². The minimum absolute atomic E-state index is 0.0155. The highest BCUT2D eigenvalue weighted by molar-refractivity contribution is 8.26. The number of hydrogen-bond donors (Lipinski definition) is 0. The Kier molecular flexibility index (Phi) is 3.72. The van der Waals surface area contributed by atoms with E-state index in [1.54, 1.807) is 23.3 Å². The van der Waals surface area contributed by atoms with E-state index in [2.05, 4.69) is 4.90 Å². The summed E-state index contributed by atoms with van der Waals surface area (Å²) in [5, 5.41) is 0. The summed E-state index contributed by atoms with van der Waals surface area (Å²) in [6.07, 6.45) is 5.76. The van der Waals surface area contributed by atoms with Gasteiger partial charge in [0.25, 0.3) is 5.91 Å². The molecular weight excluding hydrogens is 280 g/mol. The minimum Gasteiger partial charge on any atom is -0.465 e. The number of hydrogen-bond acceptors (Lipinski definition) is 5. The number of nitrogens with zero attached hydrogens (tertiary/aromatic N) is 2. The first kappa shape index (κ1) is 12.9. The molecule has 2 fully saturated rings. The van der Waals surface area contributed by atoms with Crippen LogP contribution in [0.3, 0.4) is 0 Å². The van der Waals surface area contributed by atoms with Crippen LogP contribution in [0.2, 0.25) is 0 Å². The predicted molar refractivity (Wildman–Crippen MR) is 79.4 cm³/mol. The molecule has 3 heterocycles. The van der Waals surface area contributed by atoms with Gasteiger partial charge in [-0.15, -0.1) is 0 Å². The highest BCUT2D eigenvalue weighted by Crippen LogP contribution is 2.32. The average Bonchev–Trinajstić information content (AvgIpc) is 3.10. The number of carbonyl (C=O) groups is 1. The Bertz CT molecular complexity index is 519. The summed E-state index contributed by atoms with van der Waals surface area (Å²) in [6, 6.07) is 3.63.